The fraction of sp³-hybridized carbons (Fsp3) is 0. The number of nitrogens with two attached hydrogens (primary N) is 3. The van der Waals surface area contributed by atoms with Crippen molar-refractivity contribution in [2.45, 2.75) is 0 Å². The zero-order valence-corrected chi connectivity index (χ0v) is 6.38. The van der Waals surface area contributed by atoms with Crippen molar-refractivity contribution in [3.8, 4) is 0 Å². The number of nitrogens with zero attached hydrogens (tertiary/aromatic N) is 5. The molecule has 0 fully saturated rings. The topological polar surface area (TPSA) is 181 Å². The summed E-state index contributed by atoms with van der Waals surface area (Å²) in [7, 11) is 0. The first kappa shape index (κ1) is 10.5. The lowest BCUT2D eigenvalue weighted by molar-refractivity contribution is 0.740. The van der Waals surface area contributed by atoms with Gasteiger partial charge in [0.15, 0.2) is 0 Å². The van der Waals surface area contributed by atoms with Crippen molar-refractivity contribution in [2.75, 3.05) is 0 Å². The molecule has 0 aliphatic rings. The monoisotopic (exact) mass is 188 g/mol. The summed E-state index contributed by atoms with van der Waals surface area (Å²) >= 11 is 0. The van der Waals surface area contributed by atoms with Crippen LogP contribution < -0.4 is 28.3 Å². The Morgan fingerprint density at radius 2 is 1.77 bits per heavy atom. The van der Waals surface area contributed by atoms with Crippen LogP contribution in [-0.4, -0.2) is 11.9 Å². The summed E-state index contributed by atoms with van der Waals surface area (Å²) < 4.78 is 0. The average molecular weight is 188 g/mol. The van der Waals surface area contributed by atoms with E-state index < -0.39 is 0 Å². The molecule has 0 saturated carbocycles. The van der Waals surface area contributed by atoms with E-state index in [0.717, 1.165) is 0 Å². The molecule has 0 radical (unpaired) electrons. The maximum Gasteiger partial charge on any atom is 0.260 e. The van der Waals surface area contributed by atoms with Crippen LogP contribution >= 0.6 is 0 Å². The van der Waals surface area contributed by atoms with Gasteiger partial charge in [-0.05, 0) is 5.22 Å². The van der Waals surface area contributed by atoms with Gasteiger partial charge in [-0.1, -0.05) is 5.11 Å². The van der Waals surface area contributed by atoms with Crippen LogP contribution in [-0.2, 0) is 0 Å². The molecule has 0 unspecified atom stereocenters. The lowest BCUT2D eigenvalue weighted by Crippen LogP contribution is -2.25. The fourth-order valence-corrected chi connectivity index (χ4v) is 0.248. The van der Waals surface area contributed by atoms with Crippen LogP contribution in [0.5, 0.6) is 0 Å². The Hall–Kier alpha value is -2.46. The minimum absolute atomic E-state index is 0.220. The van der Waals surface area contributed by atoms with Gasteiger partial charge in [0.2, 0.25) is 5.96 Å². The van der Waals surface area contributed by atoms with E-state index >= 15 is 0 Å². The molecule has 0 aliphatic heterocycles. The number of hydrogen-bond donors (Lipinski definition) is 5. The first-order valence-corrected chi connectivity index (χ1v) is 2.81. The smallest absolute Gasteiger partial charge is 0.260 e. The summed E-state index contributed by atoms with van der Waals surface area (Å²) in [4.78, 5) is 9.46. The molecule has 72 valence electrons. The first-order valence-electron chi connectivity index (χ1n) is 2.81. The van der Waals surface area contributed by atoms with Gasteiger partial charge in [0.25, 0.3) is 5.96 Å². The number of guanidine groups is 2. The van der Waals surface area contributed by atoms with E-state index in [1.54, 1.807) is 5.53 Å². The molecule has 0 atom stereocenters. The van der Waals surface area contributed by atoms with Crippen LogP contribution in [0.2, 0.25) is 0 Å². The van der Waals surface area contributed by atoms with Crippen molar-refractivity contribution in [2.24, 2.45) is 43.0 Å². The molecule has 11 heteroatoms. The minimum Gasteiger partial charge on any atom is -0.369 e. The average Bonchev–Trinajstić information content (AvgIpc) is 2.08. The number of hydrazone groups is 2. The SMILES string of the molecule is NC(N)=NN/N=N/C(N)=N/NN=O. The van der Waals surface area contributed by atoms with Gasteiger partial charge in [-0.25, -0.2) is 0 Å². The van der Waals surface area contributed by atoms with Gasteiger partial charge in [-0.15, -0.1) is 15.1 Å². The molecule has 0 bridgehead atoms. The van der Waals surface area contributed by atoms with Crippen molar-refractivity contribution >= 4 is 11.9 Å². The van der Waals surface area contributed by atoms with E-state index in [0.29, 0.717) is 0 Å². The molecule has 0 aromatic rings. The molecule has 0 saturated heterocycles. The second kappa shape index (κ2) is 6.26. The molecule has 11 nitrogen and oxygen atoms in total. The van der Waals surface area contributed by atoms with E-state index in [2.05, 4.69) is 25.8 Å². The van der Waals surface area contributed by atoms with Gasteiger partial charge >= 0.3 is 0 Å². The van der Waals surface area contributed by atoms with Crippen LogP contribution in [0.4, 0.5) is 0 Å². The quantitative estimate of drug-likeness (QED) is 0.108. The third-order valence-electron chi connectivity index (χ3n) is 0.582. The second-order valence-corrected chi connectivity index (χ2v) is 1.50. The third-order valence-corrected chi connectivity index (χ3v) is 0.582. The van der Waals surface area contributed by atoms with Crippen molar-refractivity contribution < 1.29 is 0 Å². The highest BCUT2D eigenvalue weighted by Gasteiger charge is 1.84. The van der Waals surface area contributed by atoms with Gasteiger partial charge in [0, 0.05) is 0 Å². The normalized spacial score (nSPS) is 10.9. The van der Waals surface area contributed by atoms with Crippen LogP contribution in [0, 0.1) is 4.91 Å². The van der Waals surface area contributed by atoms with E-state index in [4.69, 9.17) is 17.2 Å². The number of hydrogen-bond acceptors (Lipinski definition) is 5. The highest BCUT2D eigenvalue weighted by atomic mass is 16.3. The third kappa shape index (κ3) is 7.44. The largest absolute Gasteiger partial charge is 0.369 e. The van der Waals surface area contributed by atoms with Crippen LogP contribution in [0.1, 0.15) is 0 Å². The summed E-state index contributed by atoms with van der Waals surface area (Å²) in [6, 6.07) is 0. The highest BCUT2D eigenvalue weighted by Crippen LogP contribution is 1.71. The summed E-state index contributed by atoms with van der Waals surface area (Å²) in [6.45, 7) is 0. The van der Waals surface area contributed by atoms with Crippen molar-refractivity contribution in [1.29, 1.82) is 0 Å². The Labute approximate surface area is 72.0 Å². The van der Waals surface area contributed by atoms with Gasteiger partial charge in [-0.2, -0.15) is 11.1 Å². The molecular formula is C2H8N10O. The van der Waals surface area contributed by atoms with Crippen LogP contribution in [0.25, 0.3) is 0 Å². The Balaban J connectivity index is 3.84. The zero-order chi connectivity index (χ0) is 10.1. The number of rotatable bonds is 4. The van der Waals surface area contributed by atoms with Gasteiger partial charge in [-0.3, -0.25) is 0 Å². The van der Waals surface area contributed by atoms with E-state index in [1.165, 1.54) is 0 Å². The second-order valence-electron chi connectivity index (χ2n) is 1.50. The Kier molecular flexibility index (Phi) is 5.08. The highest BCUT2D eigenvalue weighted by molar-refractivity contribution is 5.77. The lowest BCUT2D eigenvalue weighted by Gasteiger charge is -1.89. The van der Waals surface area contributed by atoms with Crippen molar-refractivity contribution in [1.82, 2.24) is 11.1 Å². The zero-order valence-electron chi connectivity index (χ0n) is 6.38. The van der Waals surface area contributed by atoms with Gasteiger partial charge in [0.05, 0.1) is 5.29 Å². The predicted molar refractivity (Wildman–Crippen MR) is 44.4 cm³/mol. The molecule has 0 aromatic heterocycles. The molecule has 0 heterocycles. The van der Waals surface area contributed by atoms with E-state index in [-0.39, 0.29) is 11.9 Å². The van der Waals surface area contributed by atoms with Crippen molar-refractivity contribution in [3.05, 3.63) is 4.91 Å². The van der Waals surface area contributed by atoms with E-state index in [9.17, 15) is 4.91 Å². The Morgan fingerprint density at radius 3 is 2.31 bits per heavy atom. The molecule has 0 amide bonds. The standard InChI is InChI=1S/C2H8N10O/c3-1(4)6-9-10-7-2(5)8-11-12-13/h(H,11,13)(H4,3,4,6,10)(H3,5,7,8,9,12). The molecule has 0 spiro atoms. The summed E-state index contributed by atoms with van der Waals surface area (Å²) in [6.07, 6.45) is 0. The summed E-state index contributed by atoms with van der Waals surface area (Å²) in [5.74, 6) is -0.542. The molecule has 0 aromatic carbocycles. The van der Waals surface area contributed by atoms with Crippen LogP contribution in [0.15, 0.2) is 25.8 Å². The molecule has 13 heavy (non-hydrogen) atoms. The van der Waals surface area contributed by atoms with E-state index in [1.807, 2.05) is 5.53 Å². The van der Waals surface area contributed by atoms with Gasteiger partial charge in [0.1, 0.15) is 0 Å². The lowest BCUT2D eigenvalue weighted by atomic mass is 11.1. The first-order chi connectivity index (χ1) is 6.16. The maximum absolute atomic E-state index is 9.46. The number of nitrogens with one attached hydrogen (secondary N) is 2. The van der Waals surface area contributed by atoms with Crippen LogP contribution in [0.3, 0.4) is 0 Å². The van der Waals surface area contributed by atoms with Crippen molar-refractivity contribution in [3.63, 3.8) is 0 Å². The summed E-state index contributed by atoms with van der Waals surface area (Å²) in [5.41, 5.74) is 18.6. The minimum atomic E-state index is -0.321. The molecule has 8 N–H and O–H groups in total. The van der Waals surface area contributed by atoms with Gasteiger partial charge < -0.3 is 17.2 Å². The molecular weight excluding hydrogens is 180 g/mol. The fourth-order valence-electron chi connectivity index (χ4n) is 0.248. The Bertz CT molecular complexity index is 235. The predicted octanol–water partition coefficient (Wildman–Crippen LogP) is -2.37. The maximum atomic E-state index is 9.46. The summed E-state index contributed by atoms with van der Waals surface area (Å²) in [5, 5.41) is 14.9. The molecule has 0 rings (SSSR count). The molecule has 0 aliphatic carbocycles. The number of nitroso groups, excluding NO2 is 1. The Morgan fingerprint density at radius 1 is 1.08 bits per heavy atom.